The Morgan fingerprint density at radius 3 is 2.53 bits per heavy atom. The number of hydrogen-bond acceptors (Lipinski definition) is 10. The number of piperazine rings is 1. The summed E-state index contributed by atoms with van der Waals surface area (Å²) in [6.07, 6.45) is 5.22. The first-order chi connectivity index (χ1) is 20.8. The summed E-state index contributed by atoms with van der Waals surface area (Å²) in [6.45, 7) is 14.0. The Labute approximate surface area is 259 Å². The van der Waals surface area contributed by atoms with Crippen LogP contribution in [0.2, 0.25) is 0 Å². The number of amides is 1. The summed E-state index contributed by atoms with van der Waals surface area (Å²) < 4.78 is 5.92. The second-order valence-corrected chi connectivity index (χ2v) is 12.6. The number of benzene rings is 1. The Kier molecular flexibility index (Phi) is 10.4. The van der Waals surface area contributed by atoms with Crippen LogP contribution >= 0.6 is 11.8 Å². The average molecular weight is 608 g/mol. The molecular formula is C31H45N9O2S. The number of ether oxygens (including phenoxy) is 1. The van der Waals surface area contributed by atoms with E-state index in [1.54, 1.807) is 7.11 Å². The van der Waals surface area contributed by atoms with Gasteiger partial charge in [0, 0.05) is 80.6 Å². The molecule has 2 fully saturated rings. The zero-order chi connectivity index (χ0) is 30.3. The molecule has 3 aromatic rings. The fourth-order valence-electron chi connectivity index (χ4n) is 6.08. The summed E-state index contributed by atoms with van der Waals surface area (Å²) >= 11 is 1.47. The number of aryl methyl sites for hydroxylation is 1. The standard InChI is InChI=1S/C31H45N9O2S/c1-6-7-25-11-8-22(3)40(25)19-16-38-14-17-39(18-15-38)30-28(42-5)29(33-27-20-21(2)36-37-27)34-31(35-30)43-26-12-9-24(10-13-26)32-23(4)41/h9-10,12-13,20,22,25H,6-8,11,14-19H2,1-5H3,(H,32,41)(H2,33,34,35,36,37). The quantitative estimate of drug-likeness (QED) is 0.239. The van der Waals surface area contributed by atoms with Crippen LogP contribution in [-0.2, 0) is 4.79 Å². The van der Waals surface area contributed by atoms with Crippen molar-refractivity contribution < 1.29 is 9.53 Å². The first-order valence-electron chi connectivity index (χ1n) is 15.4. The lowest BCUT2D eigenvalue weighted by Crippen LogP contribution is -2.49. The molecule has 4 heterocycles. The average Bonchev–Trinajstić information content (AvgIpc) is 3.56. The molecule has 12 heteroatoms. The van der Waals surface area contributed by atoms with Crippen molar-refractivity contribution >= 4 is 40.8 Å². The van der Waals surface area contributed by atoms with Gasteiger partial charge in [-0.15, -0.1) is 0 Å². The molecule has 11 nitrogen and oxygen atoms in total. The number of nitrogens with zero attached hydrogens (tertiary/aromatic N) is 6. The molecule has 232 valence electrons. The van der Waals surface area contributed by atoms with Crippen molar-refractivity contribution in [3.05, 3.63) is 36.0 Å². The van der Waals surface area contributed by atoms with Crippen LogP contribution in [0.25, 0.3) is 0 Å². The first-order valence-corrected chi connectivity index (χ1v) is 16.2. The van der Waals surface area contributed by atoms with Gasteiger partial charge in [0.1, 0.15) is 0 Å². The summed E-state index contributed by atoms with van der Waals surface area (Å²) in [5, 5.41) is 14.1. The van der Waals surface area contributed by atoms with Gasteiger partial charge in [0.15, 0.2) is 22.6 Å². The van der Waals surface area contributed by atoms with E-state index in [1.807, 2.05) is 37.3 Å². The van der Waals surface area contributed by atoms with Gasteiger partial charge in [0.2, 0.25) is 11.7 Å². The molecule has 0 aliphatic carbocycles. The van der Waals surface area contributed by atoms with Crippen LogP contribution in [0, 0.1) is 6.92 Å². The number of carbonyl (C=O) groups is 1. The first kappa shape index (κ1) is 31.1. The fourth-order valence-corrected chi connectivity index (χ4v) is 6.83. The van der Waals surface area contributed by atoms with E-state index in [4.69, 9.17) is 14.7 Å². The molecule has 2 aliphatic heterocycles. The van der Waals surface area contributed by atoms with E-state index in [0.717, 1.165) is 67.4 Å². The topological polar surface area (TPSA) is 115 Å². The monoisotopic (exact) mass is 607 g/mol. The lowest BCUT2D eigenvalue weighted by molar-refractivity contribution is -0.114. The highest BCUT2D eigenvalue weighted by Gasteiger charge is 2.31. The summed E-state index contributed by atoms with van der Waals surface area (Å²) in [5.74, 6) is 2.52. The normalized spacial score (nSPS) is 19.5. The number of carbonyl (C=O) groups excluding carboxylic acids is 1. The molecule has 0 saturated carbocycles. The van der Waals surface area contributed by atoms with Gasteiger partial charge in [-0.3, -0.25) is 19.7 Å². The number of rotatable bonds is 12. The van der Waals surface area contributed by atoms with Gasteiger partial charge in [-0.2, -0.15) is 5.10 Å². The van der Waals surface area contributed by atoms with Gasteiger partial charge in [-0.25, -0.2) is 9.97 Å². The predicted octanol–water partition coefficient (Wildman–Crippen LogP) is 5.14. The Bertz CT molecular complexity index is 1360. The van der Waals surface area contributed by atoms with Crippen LogP contribution in [0.15, 0.2) is 40.4 Å². The van der Waals surface area contributed by atoms with Gasteiger partial charge in [-0.05, 0) is 69.1 Å². The summed E-state index contributed by atoms with van der Waals surface area (Å²) in [7, 11) is 1.66. The largest absolute Gasteiger partial charge is 0.490 e. The van der Waals surface area contributed by atoms with Crippen molar-refractivity contribution in [3.63, 3.8) is 0 Å². The maximum atomic E-state index is 11.4. The molecule has 0 radical (unpaired) electrons. The lowest BCUT2D eigenvalue weighted by Gasteiger charge is -2.37. The summed E-state index contributed by atoms with van der Waals surface area (Å²) in [6, 6.07) is 11.0. The van der Waals surface area contributed by atoms with E-state index in [2.05, 4.69) is 49.4 Å². The molecule has 2 atom stereocenters. The second-order valence-electron chi connectivity index (χ2n) is 11.5. The van der Waals surface area contributed by atoms with Crippen molar-refractivity contribution in [2.75, 3.05) is 61.9 Å². The van der Waals surface area contributed by atoms with Crippen molar-refractivity contribution in [3.8, 4) is 5.75 Å². The molecule has 2 unspecified atom stereocenters. The highest BCUT2D eigenvalue weighted by molar-refractivity contribution is 7.99. The van der Waals surface area contributed by atoms with Crippen molar-refractivity contribution in [2.24, 2.45) is 0 Å². The molecule has 2 saturated heterocycles. The number of likely N-dealkylation sites (tertiary alicyclic amines) is 1. The van der Waals surface area contributed by atoms with Crippen molar-refractivity contribution in [1.82, 2.24) is 30.0 Å². The second kappa shape index (κ2) is 14.4. The minimum Gasteiger partial charge on any atom is -0.490 e. The molecule has 0 spiro atoms. The number of nitrogens with one attached hydrogen (secondary N) is 3. The SMILES string of the molecule is CCCC1CCC(C)N1CCN1CCN(c2nc(Sc3ccc(NC(C)=O)cc3)nc(Nc3cc(C)[nH]n3)c2OC)CC1. The number of aromatic amines is 1. The number of methoxy groups -OCH3 is 1. The maximum Gasteiger partial charge on any atom is 0.221 e. The number of aromatic nitrogens is 4. The zero-order valence-corrected chi connectivity index (χ0v) is 26.8. The van der Waals surface area contributed by atoms with Crippen LogP contribution in [0.4, 0.5) is 23.1 Å². The predicted molar refractivity (Wildman–Crippen MR) is 173 cm³/mol. The van der Waals surface area contributed by atoms with Crippen LogP contribution < -0.4 is 20.3 Å². The van der Waals surface area contributed by atoms with Crippen LogP contribution in [-0.4, -0.2) is 94.3 Å². The van der Waals surface area contributed by atoms with E-state index < -0.39 is 0 Å². The minimum atomic E-state index is -0.0979. The van der Waals surface area contributed by atoms with Gasteiger partial charge in [-0.1, -0.05) is 13.3 Å². The highest BCUT2D eigenvalue weighted by Crippen LogP contribution is 2.38. The smallest absolute Gasteiger partial charge is 0.221 e. The molecule has 1 amide bonds. The fraction of sp³-hybridized carbons (Fsp3) is 0.548. The van der Waals surface area contributed by atoms with Crippen LogP contribution in [0.3, 0.4) is 0 Å². The number of anilines is 4. The van der Waals surface area contributed by atoms with Gasteiger partial charge in [0.25, 0.3) is 0 Å². The van der Waals surface area contributed by atoms with E-state index in [9.17, 15) is 4.79 Å². The third-order valence-corrected chi connectivity index (χ3v) is 9.16. The third kappa shape index (κ3) is 7.98. The molecule has 2 aliphatic rings. The molecule has 5 rings (SSSR count). The summed E-state index contributed by atoms with van der Waals surface area (Å²) in [5.41, 5.74) is 1.70. The Morgan fingerprint density at radius 2 is 1.88 bits per heavy atom. The molecule has 43 heavy (non-hydrogen) atoms. The molecule has 1 aromatic carbocycles. The van der Waals surface area contributed by atoms with E-state index in [1.165, 1.54) is 44.4 Å². The molecule has 2 aromatic heterocycles. The Hall–Kier alpha value is -3.35. The third-order valence-electron chi connectivity index (χ3n) is 8.29. The molecule has 3 N–H and O–H groups in total. The summed E-state index contributed by atoms with van der Waals surface area (Å²) in [4.78, 5) is 29.9. The minimum absolute atomic E-state index is 0.0979. The maximum absolute atomic E-state index is 11.4. The van der Waals surface area contributed by atoms with Gasteiger partial charge in [0.05, 0.1) is 7.11 Å². The Balaban J connectivity index is 1.32. The number of H-pyrrole nitrogens is 1. The van der Waals surface area contributed by atoms with E-state index in [0.29, 0.717) is 28.6 Å². The molecular weight excluding hydrogens is 562 g/mol. The van der Waals surface area contributed by atoms with Crippen molar-refractivity contribution in [1.29, 1.82) is 0 Å². The Morgan fingerprint density at radius 1 is 1.12 bits per heavy atom. The highest BCUT2D eigenvalue weighted by atomic mass is 32.2. The van der Waals surface area contributed by atoms with E-state index in [-0.39, 0.29) is 5.91 Å². The van der Waals surface area contributed by atoms with Gasteiger partial charge < -0.3 is 20.3 Å². The molecule has 0 bridgehead atoms. The van der Waals surface area contributed by atoms with Gasteiger partial charge >= 0.3 is 0 Å². The lowest BCUT2D eigenvalue weighted by atomic mass is 10.1. The van der Waals surface area contributed by atoms with Crippen LogP contribution in [0.1, 0.15) is 52.1 Å². The van der Waals surface area contributed by atoms with E-state index >= 15 is 0 Å². The van der Waals surface area contributed by atoms with Crippen LogP contribution in [0.5, 0.6) is 5.75 Å². The van der Waals surface area contributed by atoms with Crippen molar-refractivity contribution in [2.45, 2.75) is 75.5 Å². The zero-order valence-electron chi connectivity index (χ0n) is 26.0. The number of hydrogen-bond donors (Lipinski definition) is 3.